The van der Waals surface area contributed by atoms with Gasteiger partial charge in [0, 0.05) is 10.8 Å². The topological polar surface area (TPSA) is 89.9 Å². The SMILES string of the molecule is C=CC1(C)CC=C2C(C1=O)C(O)CC1C(C)(COC(=O)CC(=O)OC)CCCC21C. The van der Waals surface area contributed by atoms with Gasteiger partial charge in [-0.15, -0.1) is 6.58 Å². The number of aliphatic hydroxyl groups is 1. The van der Waals surface area contributed by atoms with Gasteiger partial charge in [-0.05, 0) is 43.9 Å². The largest absolute Gasteiger partial charge is 0.469 e. The lowest BCUT2D eigenvalue weighted by Gasteiger charge is -2.59. The third-order valence-corrected chi connectivity index (χ3v) is 8.03. The second-order valence-electron chi connectivity index (χ2n) is 10.0. The Morgan fingerprint density at radius 2 is 1.97 bits per heavy atom. The summed E-state index contributed by atoms with van der Waals surface area (Å²) in [5, 5.41) is 11.1. The number of hydrogen-bond donors (Lipinski definition) is 1. The molecule has 166 valence electrons. The van der Waals surface area contributed by atoms with E-state index in [0.29, 0.717) is 12.8 Å². The van der Waals surface area contributed by atoms with Crippen LogP contribution in [0.4, 0.5) is 0 Å². The van der Waals surface area contributed by atoms with Crippen molar-refractivity contribution in [2.24, 2.45) is 28.1 Å². The van der Waals surface area contributed by atoms with Crippen molar-refractivity contribution in [2.75, 3.05) is 13.7 Å². The molecule has 30 heavy (non-hydrogen) atoms. The second kappa shape index (κ2) is 7.95. The van der Waals surface area contributed by atoms with Crippen molar-refractivity contribution in [1.29, 1.82) is 0 Å². The van der Waals surface area contributed by atoms with Gasteiger partial charge in [-0.1, -0.05) is 38.0 Å². The Labute approximate surface area is 178 Å². The monoisotopic (exact) mass is 418 g/mol. The summed E-state index contributed by atoms with van der Waals surface area (Å²) in [6, 6.07) is 0. The summed E-state index contributed by atoms with van der Waals surface area (Å²) in [4.78, 5) is 36.6. The van der Waals surface area contributed by atoms with Gasteiger partial charge in [-0.2, -0.15) is 0 Å². The van der Waals surface area contributed by atoms with Crippen LogP contribution >= 0.6 is 0 Å². The van der Waals surface area contributed by atoms with E-state index >= 15 is 0 Å². The molecule has 0 aromatic carbocycles. The lowest BCUT2D eigenvalue weighted by molar-refractivity contribution is -0.161. The number of aliphatic hydroxyl groups excluding tert-OH is 1. The number of ketones is 1. The van der Waals surface area contributed by atoms with Crippen molar-refractivity contribution < 1.29 is 29.0 Å². The molecule has 3 rings (SSSR count). The lowest BCUT2D eigenvalue weighted by Crippen LogP contribution is -2.57. The minimum Gasteiger partial charge on any atom is -0.469 e. The van der Waals surface area contributed by atoms with E-state index in [9.17, 15) is 19.5 Å². The highest BCUT2D eigenvalue weighted by atomic mass is 16.5. The summed E-state index contributed by atoms with van der Waals surface area (Å²) >= 11 is 0. The fourth-order valence-corrected chi connectivity index (χ4v) is 6.10. The normalized spacial score (nSPS) is 40.5. The fourth-order valence-electron chi connectivity index (χ4n) is 6.10. The van der Waals surface area contributed by atoms with Crippen LogP contribution in [0.3, 0.4) is 0 Å². The first-order chi connectivity index (χ1) is 14.0. The van der Waals surface area contributed by atoms with Crippen LogP contribution in [0.1, 0.15) is 59.3 Å². The van der Waals surface area contributed by atoms with Gasteiger partial charge in [0.1, 0.15) is 6.42 Å². The molecule has 1 N–H and O–H groups in total. The van der Waals surface area contributed by atoms with Crippen molar-refractivity contribution in [2.45, 2.75) is 65.4 Å². The van der Waals surface area contributed by atoms with E-state index in [-0.39, 0.29) is 29.1 Å². The van der Waals surface area contributed by atoms with Gasteiger partial charge in [0.25, 0.3) is 0 Å². The third kappa shape index (κ3) is 3.64. The van der Waals surface area contributed by atoms with Crippen LogP contribution in [0.15, 0.2) is 24.3 Å². The third-order valence-electron chi connectivity index (χ3n) is 8.03. The molecule has 0 saturated heterocycles. The quantitative estimate of drug-likeness (QED) is 0.418. The molecule has 3 aliphatic rings. The molecule has 0 heterocycles. The Hall–Kier alpha value is -1.95. The van der Waals surface area contributed by atoms with Gasteiger partial charge < -0.3 is 14.6 Å². The fraction of sp³-hybridized carbons (Fsp3) is 0.708. The molecule has 2 saturated carbocycles. The molecular formula is C24H34O6. The molecule has 3 aliphatic carbocycles. The molecule has 0 aromatic rings. The van der Waals surface area contributed by atoms with Crippen LogP contribution in [0.25, 0.3) is 0 Å². The van der Waals surface area contributed by atoms with Gasteiger partial charge in [0.15, 0.2) is 5.78 Å². The zero-order chi connectivity index (χ0) is 22.3. The number of methoxy groups -OCH3 is 1. The molecule has 0 aliphatic heterocycles. The van der Waals surface area contributed by atoms with E-state index in [1.165, 1.54) is 7.11 Å². The van der Waals surface area contributed by atoms with Crippen LogP contribution in [-0.4, -0.2) is 42.6 Å². The highest BCUT2D eigenvalue weighted by Gasteiger charge is 2.60. The number of rotatable bonds is 5. The Kier molecular flexibility index (Phi) is 6.02. The van der Waals surface area contributed by atoms with Crippen LogP contribution < -0.4 is 0 Å². The maximum Gasteiger partial charge on any atom is 0.317 e. The van der Waals surface area contributed by atoms with Crippen molar-refractivity contribution in [3.05, 3.63) is 24.3 Å². The molecular weight excluding hydrogens is 384 g/mol. The van der Waals surface area contributed by atoms with Crippen molar-refractivity contribution in [3.63, 3.8) is 0 Å². The molecule has 0 aromatic heterocycles. The average Bonchev–Trinajstić information content (AvgIpc) is 2.70. The summed E-state index contributed by atoms with van der Waals surface area (Å²) in [6.07, 6.45) is 6.53. The molecule has 6 unspecified atom stereocenters. The number of hydrogen-bond acceptors (Lipinski definition) is 6. The molecule has 0 bridgehead atoms. The maximum absolute atomic E-state index is 13.3. The first-order valence-electron chi connectivity index (χ1n) is 10.8. The van der Waals surface area contributed by atoms with E-state index in [0.717, 1.165) is 24.8 Å². The zero-order valence-corrected chi connectivity index (χ0v) is 18.5. The van der Waals surface area contributed by atoms with Crippen molar-refractivity contribution in [3.8, 4) is 0 Å². The standard InChI is InChI=1S/C24H34O6/c1-6-22(2)11-8-15-20(21(22)28)16(25)12-17-23(3,9-7-10-24(15,17)4)14-30-19(27)13-18(26)29-5/h6,8,16-17,20,25H,1,7,9-14H2,2-5H3. The molecule has 6 atom stereocenters. The van der Waals surface area contributed by atoms with E-state index in [2.05, 4.69) is 31.2 Å². The maximum atomic E-state index is 13.3. The van der Waals surface area contributed by atoms with E-state index in [4.69, 9.17) is 4.74 Å². The van der Waals surface area contributed by atoms with Gasteiger partial charge in [-0.3, -0.25) is 14.4 Å². The summed E-state index contributed by atoms with van der Waals surface area (Å²) < 4.78 is 10.0. The number of allylic oxidation sites excluding steroid dienone is 2. The minimum absolute atomic E-state index is 0.0546. The highest BCUT2D eigenvalue weighted by Crippen LogP contribution is 2.63. The van der Waals surface area contributed by atoms with E-state index in [1.807, 2.05) is 6.92 Å². The molecule has 6 nitrogen and oxygen atoms in total. The number of carbonyl (C=O) groups excluding carboxylic acids is 3. The van der Waals surface area contributed by atoms with E-state index < -0.39 is 35.8 Å². The van der Waals surface area contributed by atoms with Crippen LogP contribution in [0, 0.1) is 28.1 Å². The highest BCUT2D eigenvalue weighted by molar-refractivity contribution is 5.93. The predicted octanol–water partition coefficient (Wildman–Crippen LogP) is 3.38. The molecule has 0 radical (unpaired) electrons. The molecule has 6 heteroatoms. The number of carbonyl (C=O) groups is 3. The van der Waals surface area contributed by atoms with Crippen molar-refractivity contribution in [1.82, 2.24) is 0 Å². The van der Waals surface area contributed by atoms with E-state index in [1.54, 1.807) is 6.08 Å². The molecule has 0 spiro atoms. The second-order valence-corrected chi connectivity index (χ2v) is 10.0. The first-order valence-corrected chi connectivity index (χ1v) is 10.8. The van der Waals surface area contributed by atoms with Crippen molar-refractivity contribution >= 4 is 17.7 Å². The van der Waals surface area contributed by atoms with Gasteiger partial charge in [0.2, 0.25) is 0 Å². The Morgan fingerprint density at radius 3 is 2.60 bits per heavy atom. The number of ether oxygens (including phenoxy) is 2. The van der Waals surface area contributed by atoms with Crippen LogP contribution in [-0.2, 0) is 23.9 Å². The number of esters is 2. The Bertz CT molecular complexity index is 785. The smallest absolute Gasteiger partial charge is 0.317 e. The van der Waals surface area contributed by atoms with Gasteiger partial charge in [-0.25, -0.2) is 0 Å². The molecule has 2 fully saturated rings. The summed E-state index contributed by atoms with van der Waals surface area (Å²) in [5.74, 6) is -1.58. The average molecular weight is 419 g/mol. The Balaban J connectivity index is 1.86. The lowest BCUT2D eigenvalue weighted by atomic mass is 9.45. The van der Waals surface area contributed by atoms with Crippen LogP contribution in [0.2, 0.25) is 0 Å². The van der Waals surface area contributed by atoms with Gasteiger partial charge in [0.05, 0.1) is 25.7 Å². The zero-order valence-electron chi connectivity index (χ0n) is 18.5. The van der Waals surface area contributed by atoms with Crippen LogP contribution in [0.5, 0.6) is 0 Å². The summed E-state index contributed by atoms with van der Waals surface area (Å²) in [5.41, 5.74) is -0.167. The summed E-state index contributed by atoms with van der Waals surface area (Å²) in [7, 11) is 1.24. The number of Topliss-reactive ketones (excluding diaryl/α,β-unsaturated/α-hetero) is 1. The predicted molar refractivity (Wildman–Crippen MR) is 111 cm³/mol. The molecule has 0 amide bonds. The minimum atomic E-state index is -0.760. The summed E-state index contributed by atoms with van der Waals surface area (Å²) in [6.45, 7) is 10.2. The Morgan fingerprint density at radius 1 is 1.27 bits per heavy atom. The first kappa shape index (κ1) is 22.7. The number of fused-ring (bicyclic) bond motifs is 3. The van der Waals surface area contributed by atoms with Gasteiger partial charge >= 0.3 is 11.9 Å².